The maximum absolute atomic E-state index is 5.36. The molecule has 0 amide bonds. The van der Waals surface area contributed by atoms with Gasteiger partial charge >= 0.3 is 0 Å². The third-order valence-electron chi connectivity index (χ3n) is 5.07. The Morgan fingerprint density at radius 3 is 2.64 bits per heavy atom. The van der Waals surface area contributed by atoms with E-state index in [1.54, 1.807) is 21.3 Å². The molecule has 0 spiro atoms. The zero-order chi connectivity index (χ0) is 19.5. The van der Waals surface area contributed by atoms with E-state index in [2.05, 4.69) is 27.4 Å². The van der Waals surface area contributed by atoms with Gasteiger partial charge in [-0.25, -0.2) is 0 Å². The highest BCUT2D eigenvalue weighted by molar-refractivity contribution is 14.0. The van der Waals surface area contributed by atoms with Crippen LogP contribution >= 0.6 is 24.0 Å². The molecule has 1 heterocycles. The summed E-state index contributed by atoms with van der Waals surface area (Å²) in [6.07, 6.45) is 5.13. The highest BCUT2D eigenvalue weighted by Gasteiger charge is 2.15. The van der Waals surface area contributed by atoms with Crippen LogP contribution in [0.4, 0.5) is 0 Å². The lowest BCUT2D eigenvalue weighted by atomic mass is 10.0. The normalized spacial score (nSPS) is 17.6. The number of methoxy groups -OCH3 is 2. The molecule has 0 bridgehead atoms. The molecule has 0 saturated carbocycles. The zero-order valence-corrected chi connectivity index (χ0v) is 20.1. The molecule has 1 aliphatic heterocycles. The summed E-state index contributed by atoms with van der Waals surface area (Å²) in [5, 5.41) is 6.75. The van der Waals surface area contributed by atoms with Crippen molar-refractivity contribution < 1.29 is 9.47 Å². The summed E-state index contributed by atoms with van der Waals surface area (Å²) in [6, 6.07) is 5.94. The number of rotatable bonds is 9. The monoisotopic (exact) mass is 504 g/mol. The van der Waals surface area contributed by atoms with Crippen molar-refractivity contribution in [2.45, 2.75) is 39.2 Å². The minimum Gasteiger partial charge on any atom is -0.493 e. The van der Waals surface area contributed by atoms with Crippen molar-refractivity contribution in [1.29, 1.82) is 0 Å². The van der Waals surface area contributed by atoms with E-state index >= 15 is 0 Å². The van der Waals surface area contributed by atoms with Gasteiger partial charge in [0.1, 0.15) is 0 Å². The Morgan fingerprint density at radius 1 is 1.18 bits per heavy atom. The van der Waals surface area contributed by atoms with Gasteiger partial charge in [-0.05, 0) is 62.4 Å². The molecular weight excluding hydrogens is 467 g/mol. The molecule has 160 valence electrons. The SMILES string of the molecule is CN=C(NCCCCN1CCCC(C)C1)NCc1ccc(OC)c(OC)c1.I. The predicted octanol–water partition coefficient (Wildman–Crippen LogP) is 3.50. The predicted molar refractivity (Wildman–Crippen MR) is 127 cm³/mol. The molecule has 2 N–H and O–H groups in total. The Bertz CT molecular complexity index is 598. The van der Waals surface area contributed by atoms with E-state index in [1.165, 1.54) is 38.9 Å². The molecule has 0 radical (unpaired) electrons. The van der Waals surface area contributed by atoms with Gasteiger partial charge in [-0.3, -0.25) is 4.99 Å². The molecule has 6 nitrogen and oxygen atoms in total. The number of benzene rings is 1. The van der Waals surface area contributed by atoms with Gasteiger partial charge < -0.3 is 25.0 Å². The first-order valence-electron chi connectivity index (χ1n) is 10.0. The van der Waals surface area contributed by atoms with Crippen LogP contribution in [0.2, 0.25) is 0 Å². The van der Waals surface area contributed by atoms with Crippen molar-refractivity contribution in [3.63, 3.8) is 0 Å². The summed E-state index contributed by atoms with van der Waals surface area (Å²) in [4.78, 5) is 6.91. The van der Waals surface area contributed by atoms with Crippen LogP contribution in [0, 0.1) is 5.92 Å². The van der Waals surface area contributed by atoms with E-state index < -0.39 is 0 Å². The van der Waals surface area contributed by atoms with Crippen LogP contribution in [-0.2, 0) is 6.54 Å². The topological polar surface area (TPSA) is 58.1 Å². The molecule has 1 unspecified atom stereocenters. The van der Waals surface area contributed by atoms with Gasteiger partial charge in [0.05, 0.1) is 14.2 Å². The molecule has 1 saturated heterocycles. The molecule has 1 fully saturated rings. The number of unbranched alkanes of at least 4 members (excludes halogenated alkanes) is 1. The van der Waals surface area contributed by atoms with Crippen LogP contribution in [0.15, 0.2) is 23.2 Å². The Labute approximate surface area is 187 Å². The number of nitrogens with one attached hydrogen (secondary N) is 2. The molecular formula is C21H37IN4O2. The first-order valence-corrected chi connectivity index (χ1v) is 10.0. The lowest BCUT2D eigenvalue weighted by molar-refractivity contribution is 0.181. The molecule has 2 rings (SSSR count). The van der Waals surface area contributed by atoms with Gasteiger partial charge in [-0.15, -0.1) is 24.0 Å². The lowest BCUT2D eigenvalue weighted by Gasteiger charge is -2.30. The van der Waals surface area contributed by atoms with Gasteiger partial charge in [-0.2, -0.15) is 0 Å². The number of hydrogen-bond acceptors (Lipinski definition) is 4. The standard InChI is InChI=1S/C21H36N4O2.HI/c1-17-8-7-13-25(16-17)12-6-5-11-23-21(22-2)24-15-18-9-10-19(26-3)20(14-18)27-4;/h9-10,14,17H,5-8,11-13,15-16H2,1-4H3,(H2,22,23,24);1H. The van der Waals surface area contributed by atoms with E-state index in [0.717, 1.165) is 41.9 Å². The third-order valence-corrected chi connectivity index (χ3v) is 5.07. The molecule has 1 aromatic carbocycles. The van der Waals surface area contributed by atoms with Gasteiger partial charge in [0.25, 0.3) is 0 Å². The maximum Gasteiger partial charge on any atom is 0.191 e. The van der Waals surface area contributed by atoms with Gasteiger partial charge in [-0.1, -0.05) is 13.0 Å². The largest absolute Gasteiger partial charge is 0.493 e. The molecule has 28 heavy (non-hydrogen) atoms. The van der Waals surface area contributed by atoms with Crippen LogP contribution in [0.1, 0.15) is 38.2 Å². The van der Waals surface area contributed by atoms with Crippen molar-refractivity contribution >= 4 is 29.9 Å². The van der Waals surface area contributed by atoms with Crippen LogP contribution in [-0.4, -0.2) is 58.3 Å². The molecule has 0 aromatic heterocycles. The average molecular weight is 504 g/mol. The van der Waals surface area contributed by atoms with Crippen LogP contribution < -0.4 is 20.1 Å². The number of nitrogens with zero attached hydrogens (tertiary/aromatic N) is 2. The molecule has 1 aromatic rings. The summed E-state index contributed by atoms with van der Waals surface area (Å²) in [5.74, 6) is 3.17. The average Bonchev–Trinajstić information content (AvgIpc) is 2.69. The van der Waals surface area contributed by atoms with Crippen molar-refractivity contribution in [2.75, 3.05) is 47.4 Å². The number of likely N-dealkylation sites (tertiary alicyclic amines) is 1. The number of piperidine rings is 1. The molecule has 0 aliphatic carbocycles. The van der Waals surface area contributed by atoms with Gasteiger partial charge in [0.15, 0.2) is 17.5 Å². The van der Waals surface area contributed by atoms with Gasteiger partial charge in [0.2, 0.25) is 0 Å². The highest BCUT2D eigenvalue weighted by Crippen LogP contribution is 2.27. The fourth-order valence-corrected chi connectivity index (χ4v) is 3.55. The van der Waals surface area contributed by atoms with Crippen LogP contribution in [0.25, 0.3) is 0 Å². The summed E-state index contributed by atoms with van der Waals surface area (Å²) in [5.41, 5.74) is 1.12. The second-order valence-corrected chi connectivity index (χ2v) is 7.30. The minimum atomic E-state index is 0. The fourth-order valence-electron chi connectivity index (χ4n) is 3.55. The van der Waals surface area contributed by atoms with E-state index in [-0.39, 0.29) is 24.0 Å². The minimum absolute atomic E-state index is 0. The number of ether oxygens (including phenoxy) is 2. The van der Waals surface area contributed by atoms with E-state index in [1.807, 2.05) is 18.2 Å². The number of halogens is 1. The van der Waals surface area contributed by atoms with Crippen LogP contribution in [0.5, 0.6) is 11.5 Å². The summed E-state index contributed by atoms with van der Waals surface area (Å²) < 4.78 is 10.6. The third kappa shape index (κ3) is 8.43. The second kappa shape index (κ2) is 13.9. The first-order chi connectivity index (χ1) is 13.2. The summed E-state index contributed by atoms with van der Waals surface area (Å²) in [7, 11) is 5.10. The summed E-state index contributed by atoms with van der Waals surface area (Å²) in [6.45, 7) is 7.74. The zero-order valence-electron chi connectivity index (χ0n) is 17.8. The first kappa shape index (κ1) is 24.8. The van der Waals surface area contributed by atoms with Crippen molar-refractivity contribution in [3.8, 4) is 11.5 Å². The number of guanidine groups is 1. The van der Waals surface area contributed by atoms with Crippen molar-refractivity contribution in [2.24, 2.45) is 10.9 Å². The Balaban J connectivity index is 0.00000392. The van der Waals surface area contributed by atoms with E-state index in [4.69, 9.17) is 9.47 Å². The van der Waals surface area contributed by atoms with E-state index in [9.17, 15) is 0 Å². The quantitative estimate of drug-likeness (QED) is 0.234. The number of aliphatic imine (C=N–C) groups is 1. The second-order valence-electron chi connectivity index (χ2n) is 7.30. The lowest BCUT2D eigenvalue weighted by Crippen LogP contribution is -2.38. The Morgan fingerprint density at radius 2 is 1.96 bits per heavy atom. The highest BCUT2D eigenvalue weighted by atomic mass is 127. The Hall–Kier alpha value is -1.22. The van der Waals surface area contributed by atoms with Crippen LogP contribution in [0.3, 0.4) is 0 Å². The fraction of sp³-hybridized carbons (Fsp3) is 0.667. The number of hydrogen-bond donors (Lipinski definition) is 2. The van der Waals surface area contributed by atoms with Crippen molar-refractivity contribution in [1.82, 2.24) is 15.5 Å². The summed E-state index contributed by atoms with van der Waals surface area (Å²) >= 11 is 0. The maximum atomic E-state index is 5.36. The van der Waals surface area contributed by atoms with E-state index in [0.29, 0.717) is 6.54 Å². The molecule has 7 heteroatoms. The molecule has 1 aliphatic rings. The molecule has 1 atom stereocenters. The Kier molecular flexibility index (Phi) is 12.3. The smallest absolute Gasteiger partial charge is 0.191 e. The van der Waals surface area contributed by atoms with Gasteiger partial charge in [0, 0.05) is 26.7 Å². The van der Waals surface area contributed by atoms with Crippen molar-refractivity contribution in [3.05, 3.63) is 23.8 Å².